The highest BCUT2D eigenvalue weighted by Gasteiger charge is 2.20. The molecule has 4 heterocycles. The number of benzene rings is 1. The van der Waals surface area contributed by atoms with Gasteiger partial charge in [0, 0.05) is 38.8 Å². The zero-order chi connectivity index (χ0) is 21.0. The van der Waals surface area contributed by atoms with E-state index >= 15 is 0 Å². The second-order valence-electron chi connectivity index (χ2n) is 7.52. The zero-order valence-electron chi connectivity index (χ0n) is 17.2. The molecule has 4 aromatic rings. The van der Waals surface area contributed by atoms with E-state index in [0.717, 1.165) is 45.1 Å². The monoisotopic (exact) mass is 419 g/mol. The molecular weight excluding hydrogens is 394 g/mol. The summed E-state index contributed by atoms with van der Waals surface area (Å²) in [5.74, 6) is 2.24. The maximum atomic E-state index is 6.15. The van der Waals surface area contributed by atoms with E-state index < -0.39 is 0 Å². The zero-order valence-corrected chi connectivity index (χ0v) is 17.2. The fourth-order valence-corrected chi connectivity index (χ4v) is 3.73. The second kappa shape index (κ2) is 8.75. The van der Waals surface area contributed by atoms with Crippen molar-refractivity contribution in [3.8, 4) is 11.6 Å². The van der Waals surface area contributed by atoms with Crippen molar-refractivity contribution in [2.75, 3.05) is 50.0 Å². The van der Waals surface area contributed by atoms with Gasteiger partial charge in [-0.05, 0) is 17.7 Å². The Morgan fingerprint density at radius 1 is 1.00 bits per heavy atom. The molecule has 0 unspecified atom stereocenters. The maximum absolute atomic E-state index is 6.15. The van der Waals surface area contributed by atoms with Crippen LogP contribution in [-0.2, 0) is 11.3 Å². The largest absolute Gasteiger partial charge is 0.461 e. The van der Waals surface area contributed by atoms with Gasteiger partial charge in [-0.3, -0.25) is 4.90 Å². The molecule has 5 rings (SSSR count). The highest BCUT2D eigenvalue weighted by atomic mass is 16.5. The molecule has 0 amide bonds. The van der Waals surface area contributed by atoms with Crippen molar-refractivity contribution >= 4 is 17.4 Å². The minimum atomic E-state index is 0.314. The van der Waals surface area contributed by atoms with Crippen molar-refractivity contribution in [3.63, 3.8) is 0 Å². The van der Waals surface area contributed by atoms with Gasteiger partial charge in [-0.2, -0.15) is 9.50 Å². The van der Waals surface area contributed by atoms with Crippen molar-refractivity contribution in [3.05, 3.63) is 60.4 Å². The Labute approximate surface area is 180 Å². The van der Waals surface area contributed by atoms with E-state index in [0.29, 0.717) is 29.8 Å². The van der Waals surface area contributed by atoms with Gasteiger partial charge in [0.25, 0.3) is 0 Å². The van der Waals surface area contributed by atoms with Crippen molar-refractivity contribution in [1.29, 1.82) is 0 Å². The summed E-state index contributed by atoms with van der Waals surface area (Å²) in [5, 5.41) is 4.40. The van der Waals surface area contributed by atoms with Crippen molar-refractivity contribution in [2.24, 2.45) is 0 Å². The molecule has 9 nitrogen and oxygen atoms in total. The van der Waals surface area contributed by atoms with Gasteiger partial charge in [-0.1, -0.05) is 30.3 Å². The summed E-state index contributed by atoms with van der Waals surface area (Å²) >= 11 is 0. The summed E-state index contributed by atoms with van der Waals surface area (Å²) in [6.07, 6.45) is 1.60. The summed E-state index contributed by atoms with van der Waals surface area (Å²) in [6.45, 7) is 5.95. The third-order valence-electron chi connectivity index (χ3n) is 5.44. The molecule has 0 atom stereocenters. The van der Waals surface area contributed by atoms with Crippen LogP contribution in [0.3, 0.4) is 0 Å². The molecule has 0 radical (unpaired) electrons. The Kier molecular flexibility index (Phi) is 5.51. The average molecular weight is 419 g/mol. The molecule has 1 aliphatic rings. The van der Waals surface area contributed by atoms with Gasteiger partial charge in [-0.15, -0.1) is 5.10 Å². The van der Waals surface area contributed by atoms with E-state index in [4.69, 9.17) is 14.9 Å². The number of nitrogen functional groups attached to an aromatic ring is 1. The molecule has 1 saturated heterocycles. The Morgan fingerprint density at radius 3 is 2.61 bits per heavy atom. The molecule has 2 N–H and O–H groups in total. The lowest BCUT2D eigenvalue weighted by atomic mass is 10.2. The Morgan fingerprint density at radius 2 is 1.84 bits per heavy atom. The van der Waals surface area contributed by atoms with Crippen LogP contribution >= 0.6 is 0 Å². The molecule has 1 fully saturated rings. The molecular formula is C22H25N7O2. The number of hydrogen-bond donors (Lipinski definition) is 1. The lowest BCUT2D eigenvalue weighted by Gasteiger charge is -2.35. The first-order valence-corrected chi connectivity index (χ1v) is 10.4. The number of rotatable bonds is 7. The van der Waals surface area contributed by atoms with Gasteiger partial charge < -0.3 is 19.8 Å². The van der Waals surface area contributed by atoms with Gasteiger partial charge >= 0.3 is 0 Å². The van der Waals surface area contributed by atoms with Crippen LogP contribution in [0.5, 0.6) is 0 Å². The van der Waals surface area contributed by atoms with Crippen molar-refractivity contribution < 1.29 is 9.15 Å². The third-order valence-corrected chi connectivity index (χ3v) is 5.44. The number of nitrogens with zero attached hydrogens (tertiary/aromatic N) is 6. The Bertz CT molecular complexity index is 1120. The van der Waals surface area contributed by atoms with Gasteiger partial charge in [0.2, 0.25) is 11.8 Å². The molecule has 160 valence electrons. The van der Waals surface area contributed by atoms with Crippen LogP contribution in [0.2, 0.25) is 0 Å². The number of aromatic nitrogens is 4. The smallest absolute Gasteiger partial charge is 0.225 e. The van der Waals surface area contributed by atoms with Crippen LogP contribution in [0, 0.1) is 0 Å². The SMILES string of the molecule is Nc1nc(N2CCN(CCOCc3ccccc3)CC2)cc2nc(-c3ccco3)nn12. The number of furan rings is 1. The number of fused-ring (bicyclic) bond motifs is 1. The minimum Gasteiger partial charge on any atom is -0.461 e. The molecule has 1 aromatic carbocycles. The highest BCUT2D eigenvalue weighted by molar-refractivity contribution is 5.59. The highest BCUT2D eigenvalue weighted by Crippen LogP contribution is 2.22. The topological polar surface area (TPSA) is 98.0 Å². The quantitative estimate of drug-likeness (QED) is 0.456. The first kappa shape index (κ1) is 19.5. The van der Waals surface area contributed by atoms with Crippen LogP contribution < -0.4 is 10.6 Å². The molecule has 0 saturated carbocycles. The molecule has 0 spiro atoms. The van der Waals surface area contributed by atoms with E-state index in [2.05, 4.69) is 37.0 Å². The fraction of sp³-hybridized carbons (Fsp3) is 0.318. The number of ether oxygens (including phenoxy) is 1. The Hall–Kier alpha value is -3.43. The van der Waals surface area contributed by atoms with Crippen LogP contribution in [0.15, 0.2) is 59.2 Å². The molecule has 9 heteroatoms. The van der Waals surface area contributed by atoms with Crippen LogP contribution in [0.4, 0.5) is 11.8 Å². The van der Waals surface area contributed by atoms with Crippen LogP contribution in [0.25, 0.3) is 17.2 Å². The third kappa shape index (κ3) is 4.37. The van der Waals surface area contributed by atoms with Crippen molar-refractivity contribution in [1.82, 2.24) is 24.5 Å². The molecule has 1 aliphatic heterocycles. The van der Waals surface area contributed by atoms with Gasteiger partial charge in [0.15, 0.2) is 11.4 Å². The summed E-state index contributed by atoms with van der Waals surface area (Å²) in [4.78, 5) is 13.7. The minimum absolute atomic E-state index is 0.314. The van der Waals surface area contributed by atoms with Gasteiger partial charge in [-0.25, -0.2) is 4.98 Å². The van der Waals surface area contributed by atoms with Gasteiger partial charge in [0.05, 0.1) is 19.5 Å². The summed E-state index contributed by atoms with van der Waals surface area (Å²) in [7, 11) is 0. The standard InChI is InChI=1S/C22H25N7O2/c23-22-25-19(15-20-24-21(26-29(20)22)18-7-4-13-31-18)28-10-8-27(9-11-28)12-14-30-16-17-5-2-1-3-6-17/h1-7,13,15H,8-12,14,16H2,(H2,23,25). The van der Waals surface area contributed by atoms with Gasteiger partial charge in [0.1, 0.15) is 5.82 Å². The van der Waals surface area contributed by atoms with Crippen LogP contribution in [-0.4, -0.2) is 63.8 Å². The molecule has 3 aromatic heterocycles. The summed E-state index contributed by atoms with van der Waals surface area (Å²) in [6, 6.07) is 15.8. The van der Waals surface area contributed by atoms with E-state index in [1.54, 1.807) is 16.8 Å². The fourth-order valence-electron chi connectivity index (χ4n) is 3.73. The van der Waals surface area contributed by atoms with E-state index in [1.807, 2.05) is 30.3 Å². The summed E-state index contributed by atoms with van der Waals surface area (Å²) in [5.41, 5.74) is 8.01. The lowest BCUT2D eigenvalue weighted by Crippen LogP contribution is -2.47. The molecule has 0 aliphatic carbocycles. The second-order valence-corrected chi connectivity index (χ2v) is 7.52. The van der Waals surface area contributed by atoms with E-state index in [9.17, 15) is 0 Å². The number of hydrogen-bond acceptors (Lipinski definition) is 8. The van der Waals surface area contributed by atoms with E-state index in [-0.39, 0.29) is 0 Å². The first-order valence-electron chi connectivity index (χ1n) is 10.4. The average Bonchev–Trinajstić information content (AvgIpc) is 3.48. The number of anilines is 2. The summed E-state index contributed by atoms with van der Waals surface area (Å²) < 4.78 is 12.8. The number of nitrogens with two attached hydrogens (primary N) is 1. The van der Waals surface area contributed by atoms with Crippen LogP contribution in [0.1, 0.15) is 5.56 Å². The van der Waals surface area contributed by atoms with Crippen molar-refractivity contribution in [2.45, 2.75) is 6.61 Å². The molecule has 31 heavy (non-hydrogen) atoms. The van der Waals surface area contributed by atoms with E-state index in [1.165, 1.54) is 5.56 Å². The predicted molar refractivity (Wildman–Crippen MR) is 118 cm³/mol. The first-order chi connectivity index (χ1) is 15.3. The number of piperazine rings is 1. The normalized spacial score (nSPS) is 15.0. The maximum Gasteiger partial charge on any atom is 0.225 e. The molecule has 0 bridgehead atoms. The predicted octanol–water partition coefficient (Wildman–Crippen LogP) is 2.31. The Balaban J connectivity index is 1.16. The lowest BCUT2D eigenvalue weighted by molar-refractivity contribution is 0.0906.